The van der Waals surface area contributed by atoms with E-state index >= 15 is 0 Å². The van der Waals surface area contributed by atoms with Gasteiger partial charge in [0.15, 0.2) is 0 Å². The molecule has 0 amide bonds. The Bertz CT molecular complexity index is 1800. The number of aromatic hydroxyl groups is 2. The first-order valence-electron chi connectivity index (χ1n) is 14.3. The van der Waals surface area contributed by atoms with Gasteiger partial charge in [-0.15, -0.1) is 0 Å². The van der Waals surface area contributed by atoms with Crippen LogP contribution < -0.4 is 0 Å². The second-order valence-corrected chi connectivity index (χ2v) is 11.5. The zero-order chi connectivity index (χ0) is 29.4. The van der Waals surface area contributed by atoms with E-state index in [-0.39, 0.29) is 11.5 Å². The van der Waals surface area contributed by atoms with Crippen molar-refractivity contribution in [3.05, 3.63) is 144 Å². The van der Waals surface area contributed by atoms with Crippen molar-refractivity contribution in [2.24, 2.45) is 0 Å². The van der Waals surface area contributed by atoms with Crippen LogP contribution in [0.25, 0.3) is 55.6 Å². The van der Waals surface area contributed by atoms with Gasteiger partial charge in [-0.05, 0) is 143 Å². The molecule has 0 heterocycles. The van der Waals surface area contributed by atoms with Crippen molar-refractivity contribution in [1.82, 2.24) is 0 Å². The molecule has 0 radical (unpaired) electrons. The van der Waals surface area contributed by atoms with Crippen LogP contribution >= 0.6 is 0 Å². The van der Waals surface area contributed by atoms with Crippen molar-refractivity contribution in [3.8, 4) is 67.1 Å². The van der Waals surface area contributed by atoms with E-state index in [1.165, 1.54) is 11.1 Å². The largest absolute Gasteiger partial charge is 0.508 e. The second-order valence-electron chi connectivity index (χ2n) is 11.5. The molecular weight excluding hydrogens is 512 g/mol. The Labute approximate surface area is 248 Å². The van der Waals surface area contributed by atoms with Gasteiger partial charge in [0.2, 0.25) is 0 Å². The molecule has 0 bridgehead atoms. The van der Waals surface area contributed by atoms with E-state index in [1.807, 2.05) is 36.4 Å². The van der Waals surface area contributed by atoms with E-state index in [0.717, 1.165) is 66.8 Å². The lowest BCUT2D eigenvalue weighted by atomic mass is 9.91. The molecule has 2 heteroatoms. The molecule has 6 aromatic carbocycles. The molecule has 0 aliphatic carbocycles. The third kappa shape index (κ3) is 5.84. The monoisotopic (exact) mass is 546 g/mol. The normalized spacial score (nSPS) is 11.0. The van der Waals surface area contributed by atoms with E-state index in [1.54, 1.807) is 0 Å². The summed E-state index contributed by atoms with van der Waals surface area (Å²) in [5, 5.41) is 21.3. The van der Waals surface area contributed by atoms with E-state index in [4.69, 9.17) is 0 Å². The van der Waals surface area contributed by atoms with Crippen LogP contribution in [0.4, 0.5) is 0 Å². The van der Waals surface area contributed by atoms with Crippen molar-refractivity contribution in [2.75, 3.05) is 0 Å². The fraction of sp³-hybridized carbons (Fsp3) is 0.100. The predicted octanol–water partition coefficient (Wildman–Crippen LogP) is 10.7. The molecule has 42 heavy (non-hydrogen) atoms. The molecule has 6 rings (SSSR count). The fourth-order valence-corrected chi connectivity index (χ4v) is 5.77. The summed E-state index contributed by atoms with van der Waals surface area (Å²) >= 11 is 0. The average Bonchev–Trinajstić information content (AvgIpc) is 2.96. The summed E-state index contributed by atoms with van der Waals surface area (Å²) < 4.78 is 0. The number of hydrogen-bond acceptors (Lipinski definition) is 2. The molecule has 0 saturated carbocycles. The summed E-state index contributed by atoms with van der Waals surface area (Å²) in [7, 11) is 0. The van der Waals surface area contributed by atoms with Crippen LogP contribution in [0.3, 0.4) is 0 Å². The number of benzene rings is 6. The molecule has 0 aliphatic rings. The fourth-order valence-electron chi connectivity index (χ4n) is 5.77. The minimum atomic E-state index is 0.248. The van der Waals surface area contributed by atoms with Crippen LogP contribution in [-0.4, -0.2) is 10.2 Å². The molecule has 0 spiro atoms. The Kier molecular flexibility index (Phi) is 7.14. The van der Waals surface area contributed by atoms with Gasteiger partial charge in [0.1, 0.15) is 11.5 Å². The van der Waals surface area contributed by atoms with Crippen LogP contribution in [-0.2, 0) is 0 Å². The van der Waals surface area contributed by atoms with Crippen LogP contribution in [0, 0.1) is 27.7 Å². The van der Waals surface area contributed by atoms with Crippen LogP contribution in [0.2, 0.25) is 0 Å². The maximum absolute atomic E-state index is 10.7. The van der Waals surface area contributed by atoms with Crippen molar-refractivity contribution < 1.29 is 10.2 Å². The van der Waals surface area contributed by atoms with Gasteiger partial charge in [0, 0.05) is 0 Å². The third-order valence-electron chi connectivity index (χ3n) is 7.69. The quantitative estimate of drug-likeness (QED) is 0.226. The maximum atomic E-state index is 10.7. The van der Waals surface area contributed by atoms with Gasteiger partial charge in [-0.2, -0.15) is 0 Å². The topological polar surface area (TPSA) is 40.5 Å². The SMILES string of the molecule is Cc1cccc(-c2cc(O)cc(-c3cc(C)cc(-c4cc(C)cc(-c5cc(O)cc(-c6cccc(C)c6)c5)c4)c3)c2)c1. The van der Waals surface area contributed by atoms with Gasteiger partial charge in [0.05, 0.1) is 0 Å². The van der Waals surface area contributed by atoms with Gasteiger partial charge in [-0.1, -0.05) is 83.9 Å². The predicted molar refractivity (Wildman–Crippen MR) is 176 cm³/mol. The molecular formula is C40H34O2. The second kappa shape index (κ2) is 11.1. The summed E-state index contributed by atoms with van der Waals surface area (Å²) in [4.78, 5) is 0. The summed E-state index contributed by atoms with van der Waals surface area (Å²) in [6, 6.07) is 41.4. The average molecular weight is 547 g/mol. The first-order valence-corrected chi connectivity index (χ1v) is 14.3. The Hall–Kier alpha value is -5.08. The number of hydrogen-bond donors (Lipinski definition) is 2. The first-order chi connectivity index (χ1) is 20.2. The highest BCUT2D eigenvalue weighted by Gasteiger charge is 2.11. The number of phenolic OH excluding ortho intramolecular Hbond substituents is 2. The minimum Gasteiger partial charge on any atom is -0.508 e. The minimum absolute atomic E-state index is 0.248. The Morgan fingerprint density at radius 2 is 0.548 bits per heavy atom. The van der Waals surface area contributed by atoms with Gasteiger partial charge in [0.25, 0.3) is 0 Å². The smallest absolute Gasteiger partial charge is 0.116 e. The number of rotatable bonds is 5. The van der Waals surface area contributed by atoms with E-state index in [2.05, 4.69) is 113 Å². The van der Waals surface area contributed by atoms with Gasteiger partial charge in [-0.3, -0.25) is 0 Å². The third-order valence-corrected chi connectivity index (χ3v) is 7.69. The molecule has 0 fully saturated rings. The summed E-state index contributed by atoms with van der Waals surface area (Å²) in [6.45, 7) is 8.38. The zero-order valence-corrected chi connectivity index (χ0v) is 24.4. The van der Waals surface area contributed by atoms with Crippen molar-refractivity contribution in [2.45, 2.75) is 27.7 Å². The highest BCUT2D eigenvalue weighted by Crippen LogP contribution is 2.37. The molecule has 0 saturated heterocycles. The molecule has 6 aromatic rings. The number of phenols is 2. The van der Waals surface area contributed by atoms with Gasteiger partial charge < -0.3 is 10.2 Å². The standard InChI is InChI=1S/C40H34O2/c1-25-7-5-9-29(11-25)35-19-37(23-39(41)21-35)33-15-27(3)13-31(17-33)32-14-28(4)16-34(18-32)38-20-36(22-40(42)24-38)30-10-6-8-26(2)12-30/h5-24,41-42H,1-4H3. The van der Waals surface area contributed by atoms with E-state index < -0.39 is 0 Å². The molecule has 206 valence electrons. The summed E-state index contributed by atoms with van der Waals surface area (Å²) in [5.41, 5.74) is 15.1. The first kappa shape index (κ1) is 27.1. The lowest BCUT2D eigenvalue weighted by Crippen LogP contribution is -1.89. The summed E-state index contributed by atoms with van der Waals surface area (Å²) in [5.74, 6) is 0.497. The van der Waals surface area contributed by atoms with E-state index in [0.29, 0.717) is 0 Å². The van der Waals surface area contributed by atoms with Crippen molar-refractivity contribution in [3.63, 3.8) is 0 Å². The Morgan fingerprint density at radius 1 is 0.286 bits per heavy atom. The zero-order valence-electron chi connectivity index (χ0n) is 24.4. The highest BCUT2D eigenvalue weighted by molar-refractivity contribution is 5.82. The molecule has 0 atom stereocenters. The lowest BCUT2D eigenvalue weighted by Gasteiger charge is -2.14. The van der Waals surface area contributed by atoms with Gasteiger partial charge >= 0.3 is 0 Å². The lowest BCUT2D eigenvalue weighted by molar-refractivity contribution is 0.475. The van der Waals surface area contributed by atoms with Crippen LogP contribution in [0.5, 0.6) is 11.5 Å². The molecule has 0 aromatic heterocycles. The van der Waals surface area contributed by atoms with Crippen LogP contribution in [0.15, 0.2) is 121 Å². The van der Waals surface area contributed by atoms with Gasteiger partial charge in [-0.25, -0.2) is 0 Å². The van der Waals surface area contributed by atoms with Crippen LogP contribution in [0.1, 0.15) is 22.3 Å². The molecule has 2 nitrogen and oxygen atoms in total. The maximum Gasteiger partial charge on any atom is 0.116 e. The van der Waals surface area contributed by atoms with Crippen molar-refractivity contribution >= 4 is 0 Å². The highest BCUT2D eigenvalue weighted by atomic mass is 16.3. The molecule has 2 N–H and O–H groups in total. The Balaban J connectivity index is 1.42. The van der Waals surface area contributed by atoms with Crippen molar-refractivity contribution in [1.29, 1.82) is 0 Å². The Morgan fingerprint density at radius 3 is 0.857 bits per heavy atom. The number of aryl methyl sites for hydroxylation is 4. The van der Waals surface area contributed by atoms with E-state index in [9.17, 15) is 10.2 Å². The molecule has 0 aliphatic heterocycles. The summed E-state index contributed by atoms with van der Waals surface area (Å²) in [6.07, 6.45) is 0. The molecule has 0 unspecified atom stereocenters.